The minimum atomic E-state index is 0.340. The first kappa shape index (κ1) is 17.7. The molecule has 2 aromatic heterocycles. The highest BCUT2D eigenvalue weighted by atomic mass is 32.1. The Balaban J connectivity index is 1.38. The SMILES string of the molecule is Cc1sc2ncnc(N3CCN(C(=O)CCC4CCCC4)CC3)c2c1C. The minimum Gasteiger partial charge on any atom is -0.352 e. The maximum absolute atomic E-state index is 12.6. The Hall–Kier alpha value is -1.69. The van der Waals surface area contributed by atoms with Crippen LogP contribution in [0.3, 0.4) is 0 Å². The number of hydrogen-bond acceptors (Lipinski definition) is 5. The molecule has 0 N–H and O–H groups in total. The van der Waals surface area contributed by atoms with E-state index in [4.69, 9.17) is 0 Å². The van der Waals surface area contributed by atoms with Gasteiger partial charge in [0.05, 0.1) is 5.39 Å². The molecule has 2 aliphatic rings. The van der Waals surface area contributed by atoms with Crippen molar-refractivity contribution in [2.45, 2.75) is 52.4 Å². The van der Waals surface area contributed by atoms with Crippen LogP contribution in [0.2, 0.25) is 0 Å². The van der Waals surface area contributed by atoms with Gasteiger partial charge in [-0.2, -0.15) is 0 Å². The van der Waals surface area contributed by atoms with E-state index in [9.17, 15) is 4.79 Å². The van der Waals surface area contributed by atoms with Gasteiger partial charge < -0.3 is 9.80 Å². The monoisotopic (exact) mass is 372 g/mol. The van der Waals surface area contributed by atoms with Crippen LogP contribution in [0.1, 0.15) is 49.0 Å². The molecule has 0 atom stereocenters. The van der Waals surface area contributed by atoms with Crippen LogP contribution >= 0.6 is 11.3 Å². The van der Waals surface area contributed by atoms with Gasteiger partial charge in [0.25, 0.3) is 0 Å². The Labute approximate surface area is 159 Å². The quantitative estimate of drug-likeness (QED) is 0.816. The fraction of sp³-hybridized carbons (Fsp3) is 0.650. The standard InChI is InChI=1S/C20H28N4OS/c1-14-15(2)26-20-18(14)19(21-13-22-20)24-11-9-23(10-12-24)17(25)8-7-16-5-3-4-6-16/h13,16H,3-12H2,1-2H3. The Kier molecular flexibility index (Phi) is 5.11. The van der Waals surface area contributed by atoms with Crippen LogP contribution in [0.5, 0.6) is 0 Å². The van der Waals surface area contributed by atoms with Crippen molar-refractivity contribution in [3.05, 3.63) is 16.8 Å². The molecule has 0 spiro atoms. The van der Waals surface area contributed by atoms with Crippen LogP contribution in [-0.2, 0) is 4.79 Å². The molecule has 0 radical (unpaired) electrons. The molecule has 3 heterocycles. The summed E-state index contributed by atoms with van der Waals surface area (Å²) in [6.07, 6.45) is 8.84. The highest BCUT2D eigenvalue weighted by Crippen LogP contribution is 2.34. The van der Waals surface area contributed by atoms with Crippen molar-refractivity contribution in [1.82, 2.24) is 14.9 Å². The molecule has 0 aromatic carbocycles. The van der Waals surface area contributed by atoms with Gasteiger partial charge in [-0.05, 0) is 31.7 Å². The van der Waals surface area contributed by atoms with E-state index in [-0.39, 0.29) is 0 Å². The maximum atomic E-state index is 12.6. The zero-order valence-corrected chi connectivity index (χ0v) is 16.6. The zero-order chi connectivity index (χ0) is 18.1. The fourth-order valence-corrected chi connectivity index (χ4v) is 5.35. The second-order valence-electron chi connectivity index (χ2n) is 7.72. The van der Waals surface area contributed by atoms with Gasteiger partial charge >= 0.3 is 0 Å². The van der Waals surface area contributed by atoms with Crippen molar-refractivity contribution in [2.75, 3.05) is 31.1 Å². The van der Waals surface area contributed by atoms with Gasteiger partial charge in [-0.15, -0.1) is 11.3 Å². The van der Waals surface area contributed by atoms with Crippen LogP contribution in [0.4, 0.5) is 5.82 Å². The lowest BCUT2D eigenvalue weighted by Gasteiger charge is -2.36. The summed E-state index contributed by atoms with van der Waals surface area (Å²) in [5.74, 6) is 2.17. The highest BCUT2D eigenvalue weighted by Gasteiger charge is 2.25. The Bertz CT molecular complexity index is 788. The van der Waals surface area contributed by atoms with Crippen LogP contribution < -0.4 is 4.90 Å². The van der Waals surface area contributed by atoms with Crippen molar-refractivity contribution in [2.24, 2.45) is 5.92 Å². The number of piperazine rings is 1. The summed E-state index contributed by atoms with van der Waals surface area (Å²) in [6, 6.07) is 0. The number of aromatic nitrogens is 2. The van der Waals surface area contributed by atoms with Gasteiger partial charge in [0.1, 0.15) is 17.0 Å². The lowest BCUT2D eigenvalue weighted by molar-refractivity contribution is -0.131. The molecule has 6 heteroatoms. The average Bonchev–Trinajstić information content (AvgIpc) is 3.28. The maximum Gasteiger partial charge on any atom is 0.222 e. The number of thiophene rings is 1. The summed E-state index contributed by atoms with van der Waals surface area (Å²) in [4.78, 5) is 28.3. The summed E-state index contributed by atoms with van der Waals surface area (Å²) in [6.45, 7) is 7.62. The first-order chi connectivity index (χ1) is 12.6. The number of aryl methyl sites for hydroxylation is 2. The van der Waals surface area contributed by atoms with Gasteiger partial charge in [-0.1, -0.05) is 25.7 Å². The second-order valence-corrected chi connectivity index (χ2v) is 8.92. The minimum absolute atomic E-state index is 0.340. The number of anilines is 1. The Morgan fingerprint density at radius 3 is 2.62 bits per heavy atom. The van der Waals surface area contributed by atoms with Crippen molar-refractivity contribution < 1.29 is 4.79 Å². The van der Waals surface area contributed by atoms with Gasteiger partial charge in [-0.3, -0.25) is 4.79 Å². The molecule has 1 aliphatic heterocycles. The first-order valence-electron chi connectivity index (χ1n) is 9.87. The van der Waals surface area contributed by atoms with Crippen LogP contribution in [-0.4, -0.2) is 47.0 Å². The van der Waals surface area contributed by atoms with E-state index in [0.29, 0.717) is 5.91 Å². The van der Waals surface area contributed by atoms with E-state index < -0.39 is 0 Å². The summed E-state index contributed by atoms with van der Waals surface area (Å²) in [7, 11) is 0. The molecule has 0 unspecified atom stereocenters. The largest absolute Gasteiger partial charge is 0.352 e. The van der Waals surface area contributed by atoms with Gasteiger partial charge in [-0.25, -0.2) is 9.97 Å². The molecule has 2 aromatic rings. The van der Waals surface area contributed by atoms with E-state index in [1.165, 1.54) is 41.5 Å². The normalized spacial score (nSPS) is 18.8. The highest BCUT2D eigenvalue weighted by molar-refractivity contribution is 7.18. The molecule has 0 bridgehead atoms. The summed E-state index contributed by atoms with van der Waals surface area (Å²) < 4.78 is 0. The number of hydrogen-bond donors (Lipinski definition) is 0. The Morgan fingerprint density at radius 2 is 1.88 bits per heavy atom. The van der Waals surface area contributed by atoms with Crippen molar-refractivity contribution >= 4 is 33.3 Å². The number of nitrogens with zero attached hydrogens (tertiary/aromatic N) is 4. The lowest BCUT2D eigenvalue weighted by atomic mass is 10.0. The third-order valence-electron chi connectivity index (χ3n) is 6.12. The van der Waals surface area contributed by atoms with Gasteiger partial charge in [0, 0.05) is 37.5 Å². The predicted molar refractivity (Wildman–Crippen MR) is 107 cm³/mol. The molecule has 1 saturated carbocycles. The molecular weight excluding hydrogens is 344 g/mol. The average molecular weight is 373 g/mol. The summed E-state index contributed by atoms with van der Waals surface area (Å²) in [5, 5.41) is 1.19. The molecule has 4 rings (SSSR count). The molecule has 1 amide bonds. The molecule has 1 saturated heterocycles. The van der Waals surface area contributed by atoms with Gasteiger partial charge in [0.2, 0.25) is 5.91 Å². The fourth-order valence-electron chi connectivity index (χ4n) is 4.36. The van der Waals surface area contributed by atoms with Crippen LogP contribution in [0.15, 0.2) is 6.33 Å². The number of carbonyl (C=O) groups excluding carboxylic acids is 1. The van der Waals surface area contributed by atoms with E-state index >= 15 is 0 Å². The number of fused-ring (bicyclic) bond motifs is 1. The smallest absolute Gasteiger partial charge is 0.222 e. The van der Waals surface area contributed by atoms with Crippen LogP contribution in [0, 0.1) is 19.8 Å². The number of rotatable bonds is 4. The molecular formula is C20H28N4OS. The first-order valence-corrected chi connectivity index (χ1v) is 10.7. The third-order valence-corrected chi connectivity index (χ3v) is 7.23. The third kappa shape index (κ3) is 3.43. The van der Waals surface area contributed by atoms with Gasteiger partial charge in [0.15, 0.2) is 0 Å². The van der Waals surface area contributed by atoms with Crippen molar-refractivity contribution in [3.63, 3.8) is 0 Å². The summed E-state index contributed by atoms with van der Waals surface area (Å²) >= 11 is 1.74. The molecule has 140 valence electrons. The lowest BCUT2D eigenvalue weighted by Crippen LogP contribution is -2.49. The van der Waals surface area contributed by atoms with E-state index in [0.717, 1.165) is 55.6 Å². The summed E-state index contributed by atoms with van der Waals surface area (Å²) in [5.41, 5.74) is 1.29. The van der Waals surface area contributed by atoms with Crippen molar-refractivity contribution in [1.29, 1.82) is 0 Å². The van der Waals surface area contributed by atoms with Crippen molar-refractivity contribution in [3.8, 4) is 0 Å². The zero-order valence-electron chi connectivity index (χ0n) is 15.8. The predicted octanol–water partition coefficient (Wildman–Crippen LogP) is 3.93. The molecule has 5 nitrogen and oxygen atoms in total. The molecule has 1 aliphatic carbocycles. The molecule has 2 fully saturated rings. The topological polar surface area (TPSA) is 49.3 Å². The van der Waals surface area contributed by atoms with E-state index in [1.54, 1.807) is 17.7 Å². The number of carbonyl (C=O) groups is 1. The molecule has 26 heavy (non-hydrogen) atoms. The van der Waals surface area contributed by atoms with E-state index in [1.807, 2.05) is 0 Å². The van der Waals surface area contributed by atoms with Crippen LogP contribution in [0.25, 0.3) is 10.2 Å². The Morgan fingerprint density at radius 1 is 1.15 bits per heavy atom. The van der Waals surface area contributed by atoms with E-state index in [2.05, 4.69) is 33.6 Å². The second kappa shape index (κ2) is 7.51. The number of amides is 1.